The molecule has 1 aromatic carbocycles. The van der Waals surface area contributed by atoms with Crippen molar-refractivity contribution in [2.45, 2.75) is 19.5 Å². The minimum absolute atomic E-state index is 0.124. The van der Waals surface area contributed by atoms with E-state index in [2.05, 4.69) is 10.3 Å². The number of hydrogen-bond donors (Lipinski definition) is 1. The van der Waals surface area contributed by atoms with Crippen LogP contribution in [0, 0.1) is 5.82 Å². The van der Waals surface area contributed by atoms with E-state index in [-0.39, 0.29) is 35.0 Å². The van der Waals surface area contributed by atoms with Gasteiger partial charge in [-0.2, -0.15) is 0 Å². The Morgan fingerprint density at radius 2 is 2.26 bits per heavy atom. The number of halogens is 1. The molecule has 0 radical (unpaired) electrons. The normalized spacial score (nSPS) is 12.3. The van der Waals surface area contributed by atoms with Gasteiger partial charge in [0.05, 0.1) is 23.3 Å². The van der Waals surface area contributed by atoms with E-state index in [1.807, 2.05) is 24.4 Å². The van der Waals surface area contributed by atoms with Gasteiger partial charge in [0, 0.05) is 10.9 Å². The first-order chi connectivity index (χ1) is 11.0. The van der Waals surface area contributed by atoms with Crippen molar-refractivity contribution >= 4 is 28.1 Å². The fraction of sp³-hybridized carbons (Fsp3) is 0.188. The molecule has 2 aromatic heterocycles. The summed E-state index contributed by atoms with van der Waals surface area (Å²) < 4.78 is 14.4. The summed E-state index contributed by atoms with van der Waals surface area (Å²) in [7, 11) is 0. The summed E-state index contributed by atoms with van der Waals surface area (Å²) >= 11 is 1.55. The SMILES string of the molecule is CC(NC(=O)Cn1cnc2cc(F)ccc2c1=O)c1cccs1. The number of carbonyl (C=O) groups excluding carboxylic acids is 1. The number of rotatable bonds is 4. The molecule has 0 fully saturated rings. The van der Waals surface area contributed by atoms with E-state index in [1.165, 1.54) is 29.1 Å². The van der Waals surface area contributed by atoms with Gasteiger partial charge < -0.3 is 5.32 Å². The molecule has 118 valence electrons. The van der Waals surface area contributed by atoms with Crippen LogP contribution in [0.2, 0.25) is 0 Å². The predicted octanol–water partition coefficient (Wildman–Crippen LogP) is 2.47. The standard InChI is InChI=1S/C16H14FN3O2S/c1-10(14-3-2-6-23-14)19-15(21)8-20-9-18-13-7-11(17)4-5-12(13)16(20)22/h2-7,9-10H,8H2,1H3,(H,19,21). The smallest absolute Gasteiger partial charge is 0.261 e. The van der Waals surface area contributed by atoms with Crippen LogP contribution in [0.4, 0.5) is 4.39 Å². The number of carbonyl (C=O) groups is 1. The summed E-state index contributed by atoms with van der Waals surface area (Å²) in [6.07, 6.45) is 1.26. The van der Waals surface area contributed by atoms with Crippen LogP contribution >= 0.6 is 11.3 Å². The topological polar surface area (TPSA) is 64.0 Å². The van der Waals surface area contributed by atoms with Crippen LogP contribution < -0.4 is 10.9 Å². The third-order valence-electron chi connectivity index (χ3n) is 3.45. The predicted molar refractivity (Wildman–Crippen MR) is 86.8 cm³/mol. The number of benzene rings is 1. The molecule has 23 heavy (non-hydrogen) atoms. The molecule has 5 nitrogen and oxygen atoms in total. The molecule has 1 unspecified atom stereocenters. The van der Waals surface area contributed by atoms with Gasteiger partial charge in [-0.15, -0.1) is 11.3 Å². The molecule has 3 rings (SSSR count). The largest absolute Gasteiger partial charge is 0.347 e. The number of aromatic nitrogens is 2. The van der Waals surface area contributed by atoms with Crippen LogP contribution in [0.15, 0.2) is 46.8 Å². The molecule has 0 aliphatic rings. The van der Waals surface area contributed by atoms with E-state index in [0.29, 0.717) is 0 Å². The van der Waals surface area contributed by atoms with Gasteiger partial charge in [0.15, 0.2) is 0 Å². The zero-order valence-electron chi connectivity index (χ0n) is 12.3. The van der Waals surface area contributed by atoms with Crippen molar-refractivity contribution in [2.24, 2.45) is 0 Å². The number of thiophene rings is 1. The summed E-state index contributed by atoms with van der Waals surface area (Å²) in [5.74, 6) is -0.735. The second kappa shape index (κ2) is 6.29. The highest BCUT2D eigenvalue weighted by atomic mass is 32.1. The number of hydrogen-bond acceptors (Lipinski definition) is 4. The van der Waals surface area contributed by atoms with Crippen molar-refractivity contribution in [3.63, 3.8) is 0 Å². The van der Waals surface area contributed by atoms with E-state index >= 15 is 0 Å². The van der Waals surface area contributed by atoms with Crippen LogP contribution in [0.5, 0.6) is 0 Å². The van der Waals surface area contributed by atoms with Crippen LogP contribution in [-0.4, -0.2) is 15.5 Å². The third-order valence-corrected chi connectivity index (χ3v) is 4.50. The van der Waals surface area contributed by atoms with Gasteiger partial charge in [-0.3, -0.25) is 14.2 Å². The van der Waals surface area contributed by atoms with Crippen molar-refractivity contribution in [2.75, 3.05) is 0 Å². The molecule has 3 aromatic rings. The molecule has 1 atom stereocenters. The molecule has 0 saturated carbocycles. The van der Waals surface area contributed by atoms with Crippen molar-refractivity contribution in [1.82, 2.24) is 14.9 Å². The van der Waals surface area contributed by atoms with Crippen molar-refractivity contribution < 1.29 is 9.18 Å². The van der Waals surface area contributed by atoms with Crippen molar-refractivity contribution in [1.29, 1.82) is 0 Å². The van der Waals surface area contributed by atoms with Gasteiger partial charge >= 0.3 is 0 Å². The zero-order chi connectivity index (χ0) is 16.4. The van der Waals surface area contributed by atoms with Gasteiger partial charge in [0.2, 0.25) is 5.91 Å². The molecule has 0 spiro atoms. The second-order valence-corrected chi connectivity index (χ2v) is 6.12. The summed E-state index contributed by atoms with van der Waals surface area (Å²) in [5, 5.41) is 5.06. The first-order valence-corrected chi connectivity index (χ1v) is 7.90. The van der Waals surface area contributed by atoms with Gasteiger partial charge in [-0.05, 0) is 30.5 Å². The number of nitrogens with one attached hydrogen (secondary N) is 1. The highest BCUT2D eigenvalue weighted by Crippen LogP contribution is 2.17. The fourth-order valence-electron chi connectivity index (χ4n) is 2.29. The number of nitrogens with zero attached hydrogens (tertiary/aromatic N) is 2. The minimum Gasteiger partial charge on any atom is -0.347 e. The van der Waals surface area contributed by atoms with Gasteiger partial charge in [0.25, 0.3) is 5.56 Å². The maximum atomic E-state index is 13.1. The molecule has 1 N–H and O–H groups in total. The van der Waals surface area contributed by atoms with Crippen LogP contribution in [0.1, 0.15) is 17.8 Å². The van der Waals surface area contributed by atoms with Gasteiger partial charge in [-0.25, -0.2) is 9.37 Å². The summed E-state index contributed by atoms with van der Waals surface area (Å²) in [6.45, 7) is 1.75. The molecule has 0 saturated heterocycles. The maximum Gasteiger partial charge on any atom is 0.261 e. The Morgan fingerprint density at radius 1 is 1.43 bits per heavy atom. The van der Waals surface area contributed by atoms with Gasteiger partial charge in [-0.1, -0.05) is 6.07 Å². The highest BCUT2D eigenvalue weighted by molar-refractivity contribution is 7.10. The van der Waals surface area contributed by atoms with E-state index in [9.17, 15) is 14.0 Å². The number of fused-ring (bicyclic) bond motifs is 1. The summed E-state index contributed by atoms with van der Waals surface area (Å²) in [5.41, 5.74) is -0.0902. The lowest BCUT2D eigenvalue weighted by Crippen LogP contribution is -2.33. The lowest BCUT2D eigenvalue weighted by atomic mass is 10.2. The van der Waals surface area contributed by atoms with Crippen molar-refractivity contribution in [3.05, 3.63) is 63.1 Å². The summed E-state index contributed by atoms with van der Waals surface area (Å²) in [4.78, 5) is 29.5. The molecule has 0 bridgehead atoms. The first-order valence-electron chi connectivity index (χ1n) is 7.02. The lowest BCUT2D eigenvalue weighted by molar-refractivity contribution is -0.122. The maximum absolute atomic E-state index is 13.1. The Balaban J connectivity index is 1.78. The average Bonchev–Trinajstić information content (AvgIpc) is 3.04. The average molecular weight is 331 g/mol. The monoisotopic (exact) mass is 331 g/mol. The third kappa shape index (κ3) is 3.29. The molecule has 0 aliphatic carbocycles. The van der Waals surface area contributed by atoms with Crippen LogP contribution in [0.25, 0.3) is 10.9 Å². The molecule has 2 heterocycles. The first kappa shape index (κ1) is 15.4. The van der Waals surface area contributed by atoms with Crippen LogP contribution in [0.3, 0.4) is 0 Å². The Bertz CT molecular complexity index is 905. The van der Waals surface area contributed by atoms with Crippen LogP contribution in [-0.2, 0) is 11.3 Å². The van der Waals surface area contributed by atoms with E-state index in [4.69, 9.17) is 0 Å². The van der Waals surface area contributed by atoms with E-state index in [1.54, 1.807) is 11.3 Å². The Kier molecular flexibility index (Phi) is 4.20. The molecule has 7 heteroatoms. The molecular weight excluding hydrogens is 317 g/mol. The van der Waals surface area contributed by atoms with Gasteiger partial charge in [0.1, 0.15) is 12.4 Å². The Labute approximate surface area is 135 Å². The summed E-state index contributed by atoms with van der Waals surface area (Å²) in [6, 6.07) is 7.51. The quantitative estimate of drug-likeness (QED) is 0.799. The molecular formula is C16H14FN3O2S. The van der Waals surface area contributed by atoms with Crippen molar-refractivity contribution in [3.8, 4) is 0 Å². The second-order valence-electron chi connectivity index (χ2n) is 5.14. The van der Waals surface area contributed by atoms with E-state index < -0.39 is 5.82 Å². The fourth-order valence-corrected chi connectivity index (χ4v) is 3.03. The molecule has 0 aliphatic heterocycles. The zero-order valence-corrected chi connectivity index (χ0v) is 13.1. The molecule has 1 amide bonds. The Hall–Kier alpha value is -2.54. The number of amides is 1. The minimum atomic E-state index is -0.454. The van der Waals surface area contributed by atoms with E-state index in [0.717, 1.165) is 4.88 Å². The Morgan fingerprint density at radius 3 is 3.00 bits per heavy atom. The lowest BCUT2D eigenvalue weighted by Gasteiger charge is -2.13. The highest BCUT2D eigenvalue weighted by Gasteiger charge is 2.12.